The summed E-state index contributed by atoms with van der Waals surface area (Å²) >= 11 is 1.69. The topological polar surface area (TPSA) is 38.0 Å². The van der Waals surface area contributed by atoms with E-state index in [2.05, 4.69) is 36.5 Å². The third-order valence-corrected chi connectivity index (χ3v) is 5.25. The fraction of sp³-hybridized carbons (Fsp3) is 0.263. The summed E-state index contributed by atoms with van der Waals surface area (Å²) in [4.78, 5) is 1.10. The summed E-state index contributed by atoms with van der Waals surface area (Å²) < 4.78 is 39.2. The summed E-state index contributed by atoms with van der Waals surface area (Å²) in [5.41, 5.74) is 8.58. The quantitative estimate of drug-likeness (QED) is 0.812. The molecule has 0 bridgehead atoms. The lowest BCUT2D eigenvalue weighted by atomic mass is 10.0. The summed E-state index contributed by atoms with van der Waals surface area (Å²) in [6.07, 6.45) is 0.544. The van der Waals surface area contributed by atoms with E-state index in [1.165, 1.54) is 15.6 Å². The predicted octanol–water partition coefficient (Wildman–Crippen LogP) is 4.92. The van der Waals surface area contributed by atoms with Gasteiger partial charge >= 0.3 is 6.18 Å². The number of hydrogen-bond donors (Lipinski definition) is 2. The lowest BCUT2D eigenvalue weighted by Gasteiger charge is -2.18. The molecule has 1 aliphatic heterocycles. The van der Waals surface area contributed by atoms with Gasteiger partial charge in [-0.2, -0.15) is 13.2 Å². The average Bonchev–Trinajstić information content (AvgIpc) is 2.97. The molecule has 2 nitrogen and oxygen atoms in total. The van der Waals surface area contributed by atoms with Gasteiger partial charge in [0, 0.05) is 21.8 Å². The molecule has 1 atom stereocenters. The number of alkyl halides is 3. The van der Waals surface area contributed by atoms with Gasteiger partial charge in [-0.15, -0.1) is 11.3 Å². The number of halogens is 3. The SMILES string of the molecule is C/C(=C\C(N)C(F)(F)F)C1=CC(c2cc3ccc(C)cc3s2)=CCN1. The highest BCUT2D eigenvalue weighted by Crippen LogP contribution is 2.33. The molecule has 0 aliphatic carbocycles. The minimum atomic E-state index is -4.43. The van der Waals surface area contributed by atoms with Gasteiger partial charge in [0.25, 0.3) is 0 Å². The van der Waals surface area contributed by atoms with Crippen LogP contribution >= 0.6 is 11.3 Å². The maximum atomic E-state index is 12.6. The molecule has 6 heteroatoms. The third-order valence-electron chi connectivity index (χ3n) is 4.11. The Kier molecular flexibility index (Phi) is 4.75. The summed E-state index contributed by atoms with van der Waals surface area (Å²) in [5.74, 6) is 0. The predicted molar refractivity (Wildman–Crippen MR) is 98.4 cm³/mol. The summed E-state index contributed by atoms with van der Waals surface area (Å²) in [5, 5.41) is 4.29. The van der Waals surface area contributed by atoms with Gasteiger partial charge < -0.3 is 11.1 Å². The molecule has 0 amide bonds. The van der Waals surface area contributed by atoms with E-state index in [1.807, 2.05) is 12.2 Å². The number of aryl methyl sites for hydroxylation is 1. The summed E-state index contributed by atoms with van der Waals surface area (Å²) in [6.45, 7) is 4.27. The van der Waals surface area contributed by atoms with Crippen molar-refractivity contribution < 1.29 is 13.2 Å². The van der Waals surface area contributed by atoms with Crippen molar-refractivity contribution in [2.45, 2.75) is 26.1 Å². The van der Waals surface area contributed by atoms with Crippen LogP contribution in [-0.4, -0.2) is 18.8 Å². The van der Waals surface area contributed by atoms with Gasteiger partial charge in [0.2, 0.25) is 0 Å². The van der Waals surface area contributed by atoms with E-state index < -0.39 is 12.2 Å². The maximum Gasteiger partial charge on any atom is 0.407 e. The van der Waals surface area contributed by atoms with Crippen molar-refractivity contribution >= 4 is 27.0 Å². The molecular weight excluding hydrogens is 345 g/mol. The monoisotopic (exact) mass is 364 g/mol. The van der Waals surface area contributed by atoms with Gasteiger partial charge in [-0.3, -0.25) is 0 Å². The molecule has 0 saturated carbocycles. The molecule has 1 aliphatic rings. The van der Waals surface area contributed by atoms with Gasteiger partial charge in [-0.1, -0.05) is 24.3 Å². The number of nitrogens with one attached hydrogen (secondary N) is 1. The number of nitrogens with two attached hydrogens (primary N) is 1. The van der Waals surface area contributed by atoms with E-state index in [0.29, 0.717) is 17.8 Å². The van der Waals surface area contributed by atoms with E-state index in [9.17, 15) is 13.2 Å². The van der Waals surface area contributed by atoms with Gasteiger partial charge in [-0.05, 0) is 54.2 Å². The van der Waals surface area contributed by atoms with Crippen molar-refractivity contribution in [2.24, 2.45) is 5.73 Å². The van der Waals surface area contributed by atoms with Crippen LogP contribution < -0.4 is 11.1 Å². The molecule has 3 N–H and O–H groups in total. The molecule has 2 heterocycles. The first-order valence-corrected chi connectivity index (χ1v) is 8.73. The van der Waals surface area contributed by atoms with Crippen LogP contribution in [0.5, 0.6) is 0 Å². The zero-order valence-electron chi connectivity index (χ0n) is 13.9. The Morgan fingerprint density at radius 2 is 2.08 bits per heavy atom. The first kappa shape index (κ1) is 17.8. The lowest BCUT2D eigenvalue weighted by molar-refractivity contribution is -0.137. The molecule has 1 unspecified atom stereocenters. The smallest absolute Gasteiger partial charge is 0.381 e. The third kappa shape index (κ3) is 3.96. The van der Waals surface area contributed by atoms with Crippen LogP contribution in [0.4, 0.5) is 13.2 Å². The summed E-state index contributed by atoms with van der Waals surface area (Å²) in [7, 11) is 0. The zero-order chi connectivity index (χ0) is 18.2. The van der Waals surface area contributed by atoms with Gasteiger partial charge in [0.15, 0.2) is 0 Å². The van der Waals surface area contributed by atoms with Crippen LogP contribution in [0.15, 0.2) is 53.8 Å². The van der Waals surface area contributed by atoms with Gasteiger partial charge in [0.05, 0.1) is 0 Å². The van der Waals surface area contributed by atoms with Crippen LogP contribution in [0.25, 0.3) is 15.7 Å². The van der Waals surface area contributed by atoms with Gasteiger partial charge in [-0.25, -0.2) is 0 Å². The Morgan fingerprint density at radius 3 is 2.80 bits per heavy atom. The Bertz CT molecular complexity index is 888. The molecule has 0 spiro atoms. The van der Waals surface area contributed by atoms with E-state index >= 15 is 0 Å². The molecule has 0 saturated heterocycles. The number of dihydropyridines is 1. The fourth-order valence-electron chi connectivity index (χ4n) is 2.70. The lowest BCUT2D eigenvalue weighted by Crippen LogP contribution is -2.36. The molecule has 1 aromatic heterocycles. The largest absolute Gasteiger partial charge is 0.407 e. The Labute approximate surface area is 148 Å². The molecular formula is C19H19F3N2S. The standard InChI is InChI=1S/C19H19F3N2S/c1-11-3-4-13-10-17(25-16(13)7-11)14-5-6-24-15(9-14)12(2)8-18(23)19(20,21)22/h3-5,7-10,18,24H,6,23H2,1-2H3/b12-8+. The highest BCUT2D eigenvalue weighted by molar-refractivity contribution is 7.20. The second kappa shape index (κ2) is 6.69. The van der Waals surface area contributed by atoms with Crippen molar-refractivity contribution in [3.05, 3.63) is 64.2 Å². The van der Waals surface area contributed by atoms with Crippen molar-refractivity contribution in [1.29, 1.82) is 0 Å². The molecule has 2 aromatic rings. The molecule has 0 fully saturated rings. The fourth-order valence-corrected chi connectivity index (χ4v) is 3.87. The second-order valence-electron chi connectivity index (χ2n) is 6.17. The normalized spacial score (nSPS) is 17.1. The van der Waals surface area contributed by atoms with E-state index in [-0.39, 0.29) is 0 Å². The minimum Gasteiger partial charge on any atom is -0.381 e. The molecule has 0 radical (unpaired) electrons. The van der Waals surface area contributed by atoms with Crippen LogP contribution in [0.3, 0.4) is 0 Å². The first-order valence-electron chi connectivity index (χ1n) is 7.91. The van der Waals surface area contributed by atoms with E-state index in [1.54, 1.807) is 18.3 Å². The Morgan fingerprint density at radius 1 is 1.32 bits per heavy atom. The van der Waals surface area contributed by atoms with Crippen LogP contribution in [0.1, 0.15) is 17.4 Å². The Hall–Kier alpha value is -2.05. The van der Waals surface area contributed by atoms with Gasteiger partial charge in [0.1, 0.15) is 6.04 Å². The molecule has 3 rings (SSSR count). The number of hydrogen-bond acceptors (Lipinski definition) is 3. The molecule has 25 heavy (non-hydrogen) atoms. The number of benzene rings is 1. The number of rotatable bonds is 3. The first-order chi connectivity index (χ1) is 11.7. The van der Waals surface area contributed by atoms with Crippen LogP contribution in [0.2, 0.25) is 0 Å². The molecule has 1 aromatic carbocycles. The second-order valence-corrected chi connectivity index (χ2v) is 7.25. The summed E-state index contributed by atoms with van der Waals surface area (Å²) in [6, 6.07) is 6.46. The minimum absolute atomic E-state index is 0.493. The number of allylic oxidation sites excluding steroid dienone is 3. The Balaban J connectivity index is 1.90. The zero-order valence-corrected chi connectivity index (χ0v) is 14.8. The van der Waals surface area contributed by atoms with Crippen LogP contribution in [0, 0.1) is 6.92 Å². The number of thiophene rings is 1. The average molecular weight is 364 g/mol. The maximum absolute atomic E-state index is 12.6. The van der Waals surface area contributed by atoms with Crippen molar-refractivity contribution in [3.63, 3.8) is 0 Å². The highest BCUT2D eigenvalue weighted by atomic mass is 32.1. The van der Waals surface area contributed by atoms with E-state index in [4.69, 9.17) is 5.73 Å². The highest BCUT2D eigenvalue weighted by Gasteiger charge is 2.35. The van der Waals surface area contributed by atoms with Crippen molar-refractivity contribution in [1.82, 2.24) is 5.32 Å². The number of fused-ring (bicyclic) bond motifs is 1. The van der Waals surface area contributed by atoms with Crippen molar-refractivity contribution in [3.8, 4) is 0 Å². The van der Waals surface area contributed by atoms with Crippen LogP contribution in [-0.2, 0) is 0 Å². The van der Waals surface area contributed by atoms with Crippen molar-refractivity contribution in [2.75, 3.05) is 6.54 Å². The molecule has 132 valence electrons. The van der Waals surface area contributed by atoms with E-state index in [0.717, 1.165) is 16.5 Å².